The van der Waals surface area contributed by atoms with Crippen LogP contribution in [0.2, 0.25) is 0 Å². The average Bonchev–Trinajstić information content (AvgIpc) is 2.53. The summed E-state index contributed by atoms with van der Waals surface area (Å²) in [4.78, 5) is 16.4. The Hall–Kier alpha value is -2.40. The number of aliphatic hydroxyl groups is 1. The summed E-state index contributed by atoms with van der Waals surface area (Å²) in [5.41, 5.74) is 0.0872. The summed E-state index contributed by atoms with van der Waals surface area (Å²) in [5.74, 6) is 0.332. The highest BCUT2D eigenvalue weighted by Crippen LogP contribution is 2.24. The van der Waals surface area contributed by atoms with Crippen LogP contribution in [-0.2, 0) is 16.9 Å². The van der Waals surface area contributed by atoms with E-state index in [1.807, 2.05) is 57.2 Å². The zero-order valence-corrected chi connectivity index (χ0v) is 15.2. The summed E-state index contributed by atoms with van der Waals surface area (Å²) in [6, 6.07) is 12.8. The van der Waals surface area contributed by atoms with Gasteiger partial charge in [0.15, 0.2) is 0 Å². The van der Waals surface area contributed by atoms with E-state index >= 15 is 0 Å². The van der Waals surface area contributed by atoms with E-state index in [4.69, 9.17) is 4.74 Å². The van der Waals surface area contributed by atoms with Crippen LogP contribution in [0.3, 0.4) is 0 Å². The number of carbonyl (C=O) groups excluding carboxylic acids is 1. The quantitative estimate of drug-likeness (QED) is 0.846. The van der Waals surface area contributed by atoms with E-state index in [2.05, 4.69) is 10.3 Å². The summed E-state index contributed by atoms with van der Waals surface area (Å²) in [5, 5.41) is 13.3. The molecule has 1 aromatic carbocycles. The van der Waals surface area contributed by atoms with E-state index in [1.54, 1.807) is 19.2 Å². The van der Waals surface area contributed by atoms with Crippen LogP contribution in [0.15, 0.2) is 48.7 Å². The number of aromatic nitrogens is 1. The van der Waals surface area contributed by atoms with Gasteiger partial charge in [0.2, 0.25) is 11.8 Å². The van der Waals surface area contributed by atoms with Crippen molar-refractivity contribution in [3.8, 4) is 5.88 Å². The van der Waals surface area contributed by atoms with Gasteiger partial charge in [-0.1, -0.05) is 36.4 Å². The SMILES string of the molecule is CC(C)(C)Oc1ccc(CNC(=O)CC(C)(O)c2ccccc2)cn1. The number of nitrogens with one attached hydrogen (secondary N) is 1. The van der Waals surface area contributed by atoms with Crippen LogP contribution < -0.4 is 10.1 Å². The largest absolute Gasteiger partial charge is 0.472 e. The molecule has 0 aliphatic rings. The van der Waals surface area contributed by atoms with E-state index in [0.29, 0.717) is 12.4 Å². The first kappa shape index (κ1) is 18.9. The maximum atomic E-state index is 12.1. The lowest BCUT2D eigenvalue weighted by Gasteiger charge is -2.23. The Labute approximate surface area is 149 Å². The van der Waals surface area contributed by atoms with Gasteiger partial charge in [-0.15, -0.1) is 0 Å². The van der Waals surface area contributed by atoms with Gasteiger partial charge in [-0.2, -0.15) is 0 Å². The molecule has 0 spiro atoms. The molecule has 0 bridgehead atoms. The molecule has 0 saturated heterocycles. The van der Waals surface area contributed by atoms with E-state index in [1.165, 1.54) is 0 Å². The second-order valence-electron chi connectivity index (χ2n) is 7.31. The third-order valence-electron chi connectivity index (χ3n) is 3.60. The normalized spacial score (nSPS) is 13.8. The predicted molar refractivity (Wildman–Crippen MR) is 97.1 cm³/mol. The second-order valence-corrected chi connectivity index (χ2v) is 7.31. The Morgan fingerprint density at radius 3 is 2.36 bits per heavy atom. The number of ether oxygens (including phenoxy) is 1. The highest BCUT2D eigenvalue weighted by atomic mass is 16.5. The summed E-state index contributed by atoms with van der Waals surface area (Å²) in [6.45, 7) is 7.87. The lowest BCUT2D eigenvalue weighted by Crippen LogP contribution is -2.32. The van der Waals surface area contributed by atoms with Gasteiger partial charge in [-0.3, -0.25) is 4.79 Å². The molecular formula is C20H26N2O3. The van der Waals surface area contributed by atoms with Gasteiger partial charge in [0.1, 0.15) is 5.60 Å². The van der Waals surface area contributed by atoms with Gasteiger partial charge in [0.25, 0.3) is 0 Å². The van der Waals surface area contributed by atoms with Crippen molar-refractivity contribution in [1.29, 1.82) is 0 Å². The van der Waals surface area contributed by atoms with E-state index in [-0.39, 0.29) is 17.9 Å². The molecule has 1 atom stereocenters. The molecule has 0 aliphatic heterocycles. The van der Waals surface area contributed by atoms with Gasteiger partial charge in [-0.25, -0.2) is 4.98 Å². The molecule has 2 N–H and O–H groups in total. The van der Waals surface area contributed by atoms with Crippen molar-refractivity contribution in [2.24, 2.45) is 0 Å². The van der Waals surface area contributed by atoms with Gasteiger partial charge >= 0.3 is 0 Å². The van der Waals surface area contributed by atoms with Gasteiger partial charge in [-0.05, 0) is 38.8 Å². The zero-order chi connectivity index (χ0) is 18.5. The van der Waals surface area contributed by atoms with Crippen molar-refractivity contribution in [2.45, 2.75) is 51.9 Å². The number of hydrogen-bond acceptors (Lipinski definition) is 4. The number of pyridine rings is 1. The maximum Gasteiger partial charge on any atom is 0.223 e. The molecule has 5 heteroatoms. The third-order valence-corrected chi connectivity index (χ3v) is 3.60. The van der Waals surface area contributed by atoms with Crippen LogP contribution in [0.5, 0.6) is 5.88 Å². The summed E-state index contributed by atoms with van der Waals surface area (Å²) >= 11 is 0. The van der Waals surface area contributed by atoms with Crippen LogP contribution in [0.4, 0.5) is 0 Å². The second kappa shape index (κ2) is 7.66. The number of nitrogens with zero attached hydrogens (tertiary/aromatic N) is 1. The fourth-order valence-corrected chi connectivity index (χ4v) is 2.36. The minimum Gasteiger partial charge on any atom is -0.472 e. The first-order valence-electron chi connectivity index (χ1n) is 8.34. The minimum absolute atomic E-state index is 0.00430. The first-order valence-corrected chi connectivity index (χ1v) is 8.34. The van der Waals surface area contributed by atoms with Crippen LogP contribution >= 0.6 is 0 Å². The summed E-state index contributed by atoms with van der Waals surface area (Å²) < 4.78 is 5.67. The smallest absolute Gasteiger partial charge is 0.223 e. The maximum absolute atomic E-state index is 12.1. The molecule has 1 heterocycles. The number of hydrogen-bond donors (Lipinski definition) is 2. The van der Waals surface area contributed by atoms with E-state index < -0.39 is 5.60 Å². The topological polar surface area (TPSA) is 71.5 Å². The standard InChI is InChI=1S/C20H26N2O3/c1-19(2,3)25-18-11-10-15(14-22-18)13-21-17(23)12-20(4,24)16-8-6-5-7-9-16/h5-11,14,24H,12-13H2,1-4H3,(H,21,23). The third kappa shape index (κ3) is 6.19. The van der Waals surface area contributed by atoms with E-state index in [9.17, 15) is 9.90 Å². The molecule has 0 aliphatic carbocycles. The molecule has 25 heavy (non-hydrogen) atoms. The van der Waals surface area contributed by atoms with E-state index in [0.717, 1.165) is 11.1 Å². The molecule has 2 aromatic rings. The lowest BCUT2D eigenvalue weighted by atomic mass is 9.92. The molecule has 5 nitrogen and oxygen atoms in total. The predicted octanol–water partition coefficient (Wildman–Crippen LogP) is 3.17. The molecular weight excluding hydrogens is 316 g/mol. The zero-order valence-electron chi connectivity index (χ0n) is 15.2. The number of amides is 1. The average molecular weight is 342 g/mol. The van der Waals surface area contributed by atoms with Gasteiger partial charge in [0.05, 0.1) is 12.0 Å². The minimum atomic E-state index is -1.20. The van der Waals surface area contributed by atoms with Crippen molar-refractivity contribution in [1.82, 2.24) is 10.3 Å². The van der Waals surface area contributed by atoms with Crippen molar-refractivity contribution < 1.29 is 14.6 Å². The monoisotopic (exact) mass is 342 g/mol. The van der Waals surface area contributed by atoms with Crippen LogP contribution in [0.25, 0.3) is 0 Å². The fraction of sp³-hybridized carbons (Fsp3) is 0.400. The van der Waals surface area contributed by atoms with Crippen molar-refractivity contribution in [2.75, 3.05) is 0 Å². The Morgan fingerprint density at radius 1 is 1.12 bits per heavy atom. The van der Waals surface area contributed by atoms with Gasteiger partial charge < -0.3 is 15.2 Å². The highest BCUT2D eigenvalue weighted by Gasteiger charge is 2.26. The molecule has 1 aromatic heterocycles. The lowest BCUT2D eigenvalue weighted by molar-refractivity contribution is -0.126. The van der Waals surface area contributed by atoms with Crippen molar-refractivity contribution in [3.05, 3.63) is 59.8 Å². The fourth-order valence-electron chi connectivity index (χ4n) is 2.36. The van der Waals surface area contributed by atoms with Crippen LogP contribution in [0.1, 0.15) is 45.2 Å². The number of rotatable bonds is 6. The Morgan fingerprint density at radius 2 is 1.80 bits per heavy atom. The Kier molecular flexibility index (Phi) is 5.80. The molecule has 134 valence electrons. The van der Waals surface area contributed by atoms with Crippen LogP contribution in [0, 0.1) is 0 Å². The molecule has 0 radical (unpaired) electrons. The summed E-state index contributed by atoms with van der Waals surface area (Å²) in [6.07, 6.45) is 1.67. The Balaban J connectivity index is 1.87. The number of benzene rings is 1. The van der Waals surface area contributed by atoms with Crippen molar-refractivity contribution >= 4 is 5.91 Å². The van der Waals surface area contributed by atoms with Gasteiger partial charge in [0, 0.05) is 18.8 Å². The highest BCUT2D eigenvalue weighted by molar-refractivity contribution is 5.77. The van der Waals surface area contributed by atoms with Crippen molar-refractivity contribution in [3.63, 3.8) is 0 Å². The molecule has 1 unspecified atom stereocenters. The summed E-state index contributed by atoms with van der Waals surface area (Å²) in [7, 11) is 0. The molecule has 2 rings (SSSR count). The van der Waals surface area contributed by atoms with Crippen LogP contribution in [-0.4, -0.2) is 21.6 Å². The molecule has 0 saturated carbocycles. The number of carbonyl (C=O) groups is 1. The Bertz CT molecular complexity index is 689. The molecule has 1 amide bonds. The molecule has 0 fully saturated rings. The first-order chi connectivity index (χ1) is 11.7.